The number of hydrogen-bond acceptors (Lipinski definition) is 7. The van der Waals surface area contributed by atoms with E-state index in [1.54, 1.807) is 19.9 Å². The number of benzene rings is 2. The fourth-order valence-electron chi connectivity index (χ4n) is 3.63. The summed E-state index contributed by atoms with van der Waals surface area (Å²) in [5.41, 5.74) is -3.40. The van der Waals surface area contributed by atoms with Gasteiger partial charge >= 0.3 is 6.18 Å². The van der Waals surface area contributed by atoms with Gasteiger partial charge in [0.25, 0.3) is 11.1 Å². The number of alkyl halides is 3. The summed E-state index contributed by atoms with van der Waals surface area (Å²) in [5.74, 6) is -2.61. The van der Waals surface area contributed by atoms with E-state index in [9.17, 15) is 27.2 Å². The fourth-order valence-corrected chi connectivity index (χ4v) is 3.85. The van der Waals surface area contributed by atoms with Crippen LogP contribution in [-0.4, -0.2) is 26.3 Å². The summed E-state index contributed by atoms with van der Waals surface area (Å²) in [6.07, 6.45) is -5.82. The number of nitrogens with zero attached hydrogens (tertiary/aromatic N) is 3. The van der Waals surface area contributed by atoms with E-state index < -0.39 is 46.8 Å². The molecule has 2 aromatic heterocycles. The molecule has 0 unspecified atom stereocenters. The van der Waals surface area contributed by atoms with Gasteiger partial charge in [-0.25, -0.2) is 14.5 Å². The topological polar surface area (TPSA) is 134 Å². The van der Waals surface area contributed by atoms with Crippen molar-refractivity contribution in [1.29, 1.82) is 5.26 Å². The first-order valence-electron chi connectivity index (χ1n) is 11.5. The summed E-state index contributed by atoms with van der Waals surface area (Å²) in [6.45, 7) is 3.44. The summed E-state index contributed by atoms with van der Waals surface area (Å²) >= 11 is 5.87. The maximum Gasteiger partial charge on any atom is 0.437 e. The molecule has 2 N–H and O–H groups in total. The quantitative estimate of drug-likeness (QED) is 0.283. The van der Waals surface area contributed by atoms with Crippen LogP contribution in [0.25, 0.3) is 11.1 Å². The lowest BCUT2D eigenvalue weighted by molar-refractivity contribution is -0.142. The normalized spacial score (nSPS) is 11.4. The second-order valence-electron chi connectivity index (χ2n) is 8.67. The monoisotopic (exact) mass is 575 g/mol. The number of halogens is 5. The van der Waals surface area contributed by atoms with Gasteiger partial charge in [-0.3, -0.25) is 9.59 Å². The zero-order valence-electron chi connectivity index (χ0n) is 20.7. The molecule has 0 amide bonds. The third-order valence-electron chi connectivity index (χ3n) is 5.23. The van der Waals surface area contributed by atoms with Crippen LogP contribution in [0.5, 0.6) is 17.2 Å². The van der Waals surface area contributed by atoms with Gasteiger partial charge in [-0.2, -0.15) is 23.5 Å². The Morgan fingerprint density at radius 2 is 1.85 bits per heavy atom. The van der Waals surface area contributed by atoms with E-state index in [1.807, 2.05) is 0 Å². The van der Waals surface area contributed by atoms with E-state index in [4.69, 9.17) is 26.3 Å². The molecule has 2 aromatic carbocycles. The van der Waals surface area contributed by atoms with Crippen molar-refractivity contribution in [1.82, 2.24) is 20.2 Å². The highest BCUT2D eigenvalue weighted by Gasteiger charge is 2.39. The molecule has 0 saturated heterocycles. The third-order valence-corrected chi connectivity index (χ3v) is 5.44. The van der Waals surface area contributed by atoms with Crippen molar-refractivity contribution in [3.05, 3.63) is 96.8 Å². The van der Waals surface area contributed by atoms with Gasteiger partial charge in [0.1, 0.15) is 11.6 Å². The van der Waals surface area contributed by atoms with Gasteiger partial charge in [0.05, 0.1) is 29.0 Å². The summed E-state index contributed by atoms with van der Waals surface area (Å²) < 4.78 is 66.6. The number of hydrogen-bond donors (Lipinski definition) is 2. The number of nitriles is 1. The SMILES string of the molecule is CC(C)Oc1ccc(-c2cc(Cc3nc(C(F)(F)F)c(Oc4cc(Cl)cc(C#N)c4)c(=O)[nH]3)n[nH]c2=O)cc1F. The average molecular weight is 576 g/mol. The minimum Gasteiger partial charge on any atom is -0.488 e. The van der Waals surface area contributed by atoms with Crippen LogP contribution in [0.3, 0.4) is 0 Å². The lowest BCUT2D eigenvalue weighted by Gasteiger charge is -2.14. The van der Waals surface area contributed by atoms with Crippen molar-refractivity contribution < 1.29 is 27.0 Å². The summed E-state index contributed by atoms with van der Waals surface area (Å²) in [6, 6.07) is 10.4. The standard InChI is InChI=1S/C26H18ClF4N5O4/c1-12(2)39-20-4-3-14(7-19(20)28)18-9-16(35-36-24(18)37)10-21-33-23(26(29,30)31)22(25(38)34-21)40-17-6-13(11-32)5-15(27)8-17/h3-9,12H,10H2,1-2H3,(H,36,37)(H,33,34,38). The molecule has 0 spiro atoms. The molecular weight excluding hydrogens is 558 g/mol. The fraction of sp³-hybridized carbons (Fsp3) is 0.192. The molecule has 0 aliphatic carbocycles. The third kappa shape index (κ3) is 6.47. The van der Waals surface area contributed by atoms with Crippen LogP contribution in [0, 0.1) is 17.1 Å². The zero-order valence-corrected chi connectivity index (χ0v) is 21.4. The first-order valence-corrected chi connectivity index (χ1v) is 11.9. The summed E-state index contributed by atoms with van der Waals surface area (Å²) in [5, 5.41) is 15.1. The van der Waals surface area contributed by atoms with E-state index in [0.29, 0.717) is 0 Å². The number of nitrogens with one attached hydrogen (secondary N) is 2. The van der Waals surface area contributed by atoms with Crippen LogP contribution >= 0.6 is 11.6 Å². The van der Waals surface area contributed by atoms with Gasteiger partial charge in [0.15, 0.2) is 17.3 Å². The largest absolute Gasteiger partial charge is 0.488 e. The summed E-state index contributed by atoms with van der Waals surface area (Å²) in [7, 11) is 0. The van der Waals surface area contributed by atoms with Crippen LogP contribution in [0.2, 0.25) is 5.02 Å². The molecule has 4 aromatic rings. The number of aromatic amines is 2. The van der Waals surface area contributed by atoms with Crippen LogP contribution in [-0.2, 0) is 12.6 Å². The molecule has 0 saturated carbocycles. The summed E-state index contributed by atoms with van der Waals surface area (Å²) in [4.78, 5) is 30.8. The Morgan fingerprint density at radius 3 is 2.50 bits per heavy atom. The van der Waals surface area contributed by atoms with Crippen molar-refractivity contribution in [2.75, 3.05) is 0 Å². The van der Waals surface area contributed by atoms with Gasteiger partial charge < -0.3 is 14.5 Å². The van der Waals surface area contributed by atoms with E-state index in [2.05, 4.69) is 20.2 Å². The predicted octanol–water partition coefficient (Wildman–Crippen LogP) is 5.37. The van der Waals surface area contributed by atoms with Crippen LogP contribution in [0.15, 0.2) is 52.1 Å². The molecule has 206 valence electrons. The lowest BCUT2D eigenvalue weighted by atomic mass is 10.1. The lowest BCUT2D eigenvalue weighted by Crippen LogP contribution is -2.22. The van der Waals surface area contributed by atoms with Crippen molar-refractivity contribution in [2.45, 2.75) is 32.5 Å². The Morgan fingerprint density at radius 1 is 1.10 bits per heavy atom. The zero-order chi connectivity index (χ0) is 29.2. The van der Waals surface area contributed by atoms with E-state index in [0.717, 1.165) is 18.2 Å². The van der Waals surface area contributed by atoms with E-state index in [-0.39, 0.29) is 45.0 Å². The van der Waals surface area contributed by atoms with Gasteiger partial charge in [0.2, 0.25) is 5.75 Å². The maximum atomic E-state index is 14.5. The molecule has 0 bridgehead atoms. The highest BCUT2D eigenvalue weighted by molar-refractivity contribution is 6.30. The molecule has 14 heteroatoms. The molecule has 40 heavy (non-hydrogen) atoms. The Bertz CT molecular complexity index is 1750. The molecule has 0 aliphatic heterocycles. The molecule has 2 heterocycles. The van der Waals surface area contributed by atoms with Crippen LogP contribution in [0.4, 0.5) is 17.6 Å². The second-order valence-corrected chi connectivity index (χ2v) is 9.10. The number of rotatable bonds is 7. The second kappa shape index (κ2) is 11.2. The highest BCUT2D eigenvalue weighted by Crippen LogP contribution is 2.35. The minimum atomic E-state index is -5.10. The Labute approximate surface area is 228 Å². The van der Waals surface area contributed by atoms with Crippen LogP contribution < -0.4 is 20.6 Å². The predicted molar refractivity (Wildman–Crippen MR) is 135 cm³/mol. The number of ether oxygens (including phenoxy) is 2. The average Bonchev–Trinajstić information content (AvgIpc) is 2.86. The Hall–Kier alpha value is -4.70. The molecule has 0 fully saturated rings. The maximum absolute atomic E-state index is 14.5. The van der Waals surface area contributed by atoms with Crippen molar-refractivity contribution in [3.63, 3.8) is 0 Å². The first kappa shape index (κ1) is 28.3. The smallest absolute Gasteiger partial charge is 0.437 e. The molecule has 0 atom stereocenters. The van der Waals surface area contributed by atoms with E-state index in [1.165, 1.54) is 24.3 Å². The van der Waals surface area contributed by atoms with Gasteiger partial charge in [-0.15, -0.1) is 0 Å². The first-order chi connectivity index (χ1) is 18.8. The van der Waals surface area contributed by atoms with Gasteiger partial charge in [-0.05, 0) is 55.8 Å². The Balaban J connectivity index is 1.69. The van der Waals surface area contributed by atoms with Crippen molar-refractivity contribution >= 4 is 11.6 Å². The number of H-pyrrole nitrogens is 2. The van der Waals surface area contributed by atoms with E-state index >= 15 is 0 Å². The molecule has 0 aliphatic rings. The molecular formula is C26H18ClF4N5O4. The highest BCUT2D eigenvalue weighted by atomic mass is 35.5. The molecule has 0 radical (unpaired) electrons. The van der Waals surface area contributed by atoms with Gasteiger partial charge in [0, 0.05) is 11.4 Å². The van der Waals surface area contributed by atoms with Crippen molar-refractivity contribution in [3.8, 4) is 34.4 Å². The van der Waals surface area contributed by atoms with Crippen molar-refractivity contribution in [2.24, 2.45) is 0 Å². The molecule has 9 nitrogen and oxygen atoms in total. The van der Waals surface area contributed by atoms with Gasteiger partial charge in [-0.1, -0.05) is 17.7 Å². The minimum absolute atomic E-state index is 0.000941. The Kier molecular flexibility index (Phi) is 7.92. The van der Waals surface area contributed by atoms with Crippen LogP contribution in [0.1, 0.15) is 36.6 Å². The molecule has 4 rings (SSSR count). The number of aromatic nitrogens is 4.